The average molecular weight is 433 g/mol. The van der Waals surface area contributed by atoms with Gasteiger partial charge in [0.05, 0.1) is 24.8 Å². The molecule has 2 rings (SSSR count). The normalized spacial score (nSPS) is 13.0. The van der Waals surface area contributed by atoms with Crippen LogP contribution in [-0.2, 0) is 20.5 Å². The van der Waals surface area contributed by atoms with Crippen molar-refractivity contribution in [3.63, 3.8) is 0 Å². The Bertz CT molecular complexity index is 754. The molecule has 0 radical (unpaired) electrons. The predicted molar refractivity (Wildman–Crippen MR) is 119 cm³/mol. The van der Waals surface area contributed by atoms with Crippen molar-refractivity contribution in [2.45, 2.75) is 43.7 Å². The van der Waals surface area contributed by atoms with Gasteiger partial charge >= 0.3 is 5.97 Å². The van der Waals surface area contributed by atoms with E-state index in [2.05, 4.69) is 12.1 Å². The number of ether oxygens (including phenoxy) is 2. The smallest absolute Gasteiger partial charge is 0.310 e. The first-order valence-corrected chi connectivity index (χ1v) is 11.9. The van der Waals surface area contributed by atoms with E-state index in [1.807, 2.05) is 49.4 Å². The number of para-hydroxylation sites is 1. The second kappa shape index (κ2) is 13.4. The van der Waals surface area contributed by atoms with E-state index < -0.39 is 0 Å². The fourth-order valence-corrected chi connectivity index (χ4v) is 5.04. The van der Waals surface area contributed by atoms with E-state index in [1.54, 1.807) is 18.7 Å². The van der Waals surface area contributed by atoms with Crippen LogP contribution in [0.5, 0.6) is 5.75 Å². The van der Waals surface area contributed by atoms with E-state index in [1.165, 1.54) is 5.56 Å². The lowest BCUT2D eigenvalue weighted by molar-refractivity contribution is -0.148. The van der Waals surface area contributed by atoms with Crippen molar-refractivity contribution in [1.29, 1.82) is 0 Å². The Balaban J connectivity index is 2.02. The minimum atomic E-state index is -0.385. The number of aryl methyl sites for hydroxylation is 1. The molecule has 0 aliphatic carbocycles. The zero-order valence-electron chi connectivity index (χ0n) is 17.1. The Morgan fingerprint density at radius 2 is 1.76 bits per heavy atom. The molecular formula is C23H29O4PS. The van der Waals surface area contributed by atoms with Gasteiger partial charge in [-0.3, -0.25) is 9.36 Å². The molecule has 2 unspecified atom stereocenters. The molecule has 0 spiro atoms. The van der Waals surface area contributed by atoms with Crippen molar-refractivity contribution < 1.29 is 18.8 Å². The number of rotatable bonds is 13. The number of hydrogen-bond donors (Lipinski definition) is 0. The molecule has 29 heavy (non-hydrogen) atoms. The van der Waals surface area contributed by atoms with Gasteiger partial charge in [-0.05, 0) is 50.8 Å². The first-order chi connectivity index (χ1) is 14.2. The number of carbonyl (C=O) groups excluding carboxylic acids is 1. The van der Waals surface area contributed by atoms with Crippen LogP contribution in [0, 0.1) is 5.92 Å². The van der Waals surface area contributed by atoms with Crippen LogP contribution in [0.15, 0.2) is 59.5 Å². The summed E-state index contributed by atoms with van der Waals surface area (Å²) in [6.45, 7) is 4.67. The topological polar surface area (TPSA) is 52.6 Å². The van der Waals surface area contributed by atoms with Crippen LogP contribution in [0.25, 0.3) is 0 Å². The number of benzene rings is 2. The van der Waals surface area contributed by atoms with Gasteiger partial charge < -0.3 is 9.47 Å². The van der Waals surface area contributed by atoms with E-state index in [4.69, 9.17) is 9.47 Å². The summed E-state index contributed by atoms with van der Waals surface area (Å²) in [5.74, 6) is 0.736. The zero-order chi connectivity index (χ0) is 20.9. The summed E-state index contributed by atoms with van der Waals surface area (Å²) in [5, 5.41) is 0. The van der Waals surface area contributed by atoms with Crippen LogP contribution < -0.4 is 4.74 Å². The molecule has 2 aromatic rings. The van der Waals surface area contributed by atoms with Gasteiger partial charge in [-0.15, -0.1) is 11.8 Å². The summed E-state index contributed by atoms with van der Waals surface area (Å²) in [7, 11) is -0.0272. The summed E-state index contributed by atoms with van der Waals surface area (Å²) in [6, 6.07) is 18.0. The van der Waals surface area contributed by atoms with Crippen LogP contribution in [-0.4, -0.2) is 30.6 Å². The molecule has 0 aliphatic heterocycles. The van der Waals surface area contributed by atoms with Crippen LogP contribution in [0.2, 0.25) is 0 Å². The molecule has 156 valence electrons. The molecule has 0 aliphatic rings. The Hall–Kier alpha value is -1.84. The molecule has 0 N–H and O–H groups in total. The fourth-order valence-electron chi connectivity index (χ4n) is 3.13. The third-order valence-corrected chi connectivity index (χ3v) is 6.81. The van der Waals surface area contributed by atoms with Crippen LogP contribution in [0.1, 0.15) is 32.3 Å². The third kappa shape index (κ3) is 7.83. The first kappa shape index (κ1) is 23.4. The zero-order valence-corrected chi connectivity index (χ0v) is 18.8. The molecule has 6 heteroatoms. The van der Waals surface area contributed by atoms with E-state index in [0.717, 1.165) is 23.5 Å². The molecular weight excluding hydrogens is 403 g/mol. The summed E-state index contributed by atoms with van der Waals surface area (Å²) in [6.07, 6.45) is 2.39. The summed E-state index contributed by atoms with van der Waals surface area (Å²) in [5.41, 5.74) is 0.941. The van der Waals surface area contributed by atoms with Crippen LogP contribution >= 0.6 is 20.2 Å². The molecule has 0 heterocycles. The Morgan fingerprint density at radius 1 is 1.03 bits per heavy atom. The standard InChI is InChI=1S/C23H29O4PS/c1-3-26-20-15-8-9-16-22(20)29-17-21(28-25)19(23(24)27-4-2)14-10-13-18-11-6-5-7-12-18/h5-9,11-12,15-16,19,21H,3-4,10,13-14,17H2,1-2H3. The lowest BCUT2D eigenvalue weighted by Crippen LogP contribution is -2.28. The number of carbonyl (C=O) groups is 1. The van der Waals surface area contributed by atoms with Crippen molar-refractivity contribution in [3.05, 3.63) is 60.2 Å². The highest BCUT2D eigenvalue weighted by molar-refractivity contribution is 7.99. The summed E-state index contributed by atoms with van der Waals surface area (Å²) >= 11 is 1.57. The van der Waals surface area contributed by atoms with Gasteiger partial charge in [-0.1, -0.05) is 42.5 Å². The molecule has 0 saturated heterocycles. The monoisotopic (exact) mass is 432 g/mol. The molecule has 0 amide bonds. The molecule has 0 fully saturated rings. The van der Waals surface area contributed by atoms with Gasteiger partial charge in [0.25, 0.3) is 0 Å². The maximum Gasteiger partial charge on any atom is 0.310 e. The molecule has 2 atom stereocenters. The summed E-state index contributed by atoms with van der Waals surface area (Å²) in [4.78, 5) is 13.6. The average Bonchev–Trinajstić information content (AvgIpc) is 2.75. The van der Waals surface area contributed by atoms with Gasteiger partial charge in [-0.2, -0.15) is 0 Å². The second-order valence-corrected chi connectivity index (χ2v) is 8.54. The number of thioether (sulfide) groups is 1. The predicted octanol–water partition coefficient (Wildman–Crippen LogP) is 6.04. The minimum Gasteiger partial charge on any atom is -0.493 e. The molecule has 0 saturated carbocycles. The van der Waals surface area contributed by atoms with Crippen molar-refractivity contribution in [3.8, 4) is 5.75 Å². The van der Waals surface area contributed by atoms with Crippen molar-refractivity contribution in [2.75, 3.05) is 19.0 Å². The molecule has 2 aromatic carbocycles. The number of esters is 1. The summed E-state index contributed by atoms with van der Waals surface area (Å²) < 4.78 is 22.9. The lowest BCUT2D eigenvalue weighted by atomic mass is 9.97. The molecule has 0 bridgehead atoms. The van der Waals surface area contributed by atoms with E-state index >= 15 is 0 Å². The Morgan fingerprint density at radius 3 is 2.45 bits per heavy atom. The van der Waals surface area contributed by atoms with Crippen molar-refractivity contribution in [1.82, 2.24) is 0 Å². The highest BCUT2D eigenvalue weighted by atomic mass is 32.2. The quantitative estimate of drug-likeness (QED) is 0.219. The van der Waals surface area contributed by atoms with E-state index in [9.17, 15) is 9.36 Å². The Kier molecular flexibility index (Phi) is 10.8. The molecule has 0 aromatic heterocycles. The lowest BCUT2D eigenvalue weighted by Gasteiger charge is -2.21. The van der Waals surface area contributed by atoms with E-state index in [-0.39, 0.29) is 26.0 Å². The molecule has 4 nitrogen and oxygen atoms in total. The maximum absolute atomic E-state index is 12.6. The van der Waals surface area contributed by atoms with Crippen LogP contribution in [0.4, 0.5) is 0 Å². The third-order valence-electron chi connectivity index (χ3n) is 4.57. The van der Waals surface area contributed by atoms with Gasteiger partial charge in [0.2, 0.25) is 0 Å². The maximum atomic E-state index is 12.6. The van der Waals surface area contributed by atoms with Crippen molar-refractivity contribution in [2.24, 2.45) is 5.92 Å². The Labute approximate surface area is 179 Å². The van der Waals surface area contributed by atoms with E-state index in [0.29, 0.717) is 25.4 Å². The van der Waals surface area contributed by atoms with Gasteiger partial charge in [0.15, 0.2) is 8.46 Å². The second-order valence-electron chi connectivity index (χ2n) is 6.60. The van der Waals surface area contributed by atoms with Gasteiger partial charge in [0.1, 0.15) is 5.75 Å². The van der Waals surface area contributed by atoms with Gasteiger partial charge in [0, 0.05) is 10.6 Å². The SMILES string of the molecule is CCOC(=O)C(CCCc1ccccc1)C(CSc1ccccc1OCC)P=O. The van der Waals surface area contributed by atoms with Crippen LogP contribution in [0.3, 0.4) is 0 Å². The minimum absolute atomic E-state index is 0.0272. The highest BCUT2D eigenvalue weighted by Crippen LogP contribution is 2.34. The first-order valence-electron chi connectivity index (χ1n) is 10.1. The largest absolute Gasteiger partial charge is 0.493 e. The van der Waals surface area contributed by atoms with Gasteiger partial charge in [-0.25, -0.2) is 0 Å². The number of hydrogen-bond acceptors (Lipinski definition) is 5. The van der Waals surface area contributed by atoms with Crippen molar-refractivity contribution >= 4 is 26.2 Å². The fraction of sp³-hybridized carbons (Fsp3) is 0.435. The highest BCUT2D eigenvalue weighted by Gasteiger charge is 2.30.